The molecule has 5 heteroatoms. The molecular formula is C7H8ClNO2S. The van der Waals surface area contributed by atoms with Gasteiger partial charge in [0.2, 0.25) is 10.3 Å². The highest BCUT2D eigenvalue weighted by Crippen LogP contribution is 2.18. The third-order valence-electron chi connectivity index (χ3n) is 1.60. The predicted molar refractivity (Wildman–Crippen MR) is 47.4 cm³/mol. The van der Waals surface area contributed by atoms with Crippen molar-refractivity contribution < 1.29 is 8.42 Å². The van der Waals surface area contributed by atoms with Gasteiger partial charge < -0.3 is 4.98 Å². The quantitative estimate of drug-likeness (QED) is 0.656. The van der Waals surface area contributed by atoms with Crippen LogP contribution in [-0.4, -0.2) is 13.4 Å². The SMILES string of the molecule is Cc1c[nH]c(=S(=O)=O)c(C)c1Cl. The first-order valence-electron chi connectivity index (χ1n) is 3.30. The van der Waals surface area contributed by atoms with Gasteiger partial charge >= 0.3 is 0 Å². The Bertz CT molecular complexity index is 465. The topological polar surface area (TPSA) is 49.9 Å². The molecule has 0 saturated heterocycles. The second-order valence-corrected chi connectivity index (χ2v) is 3.73. The molecule has 0 aliphatic heterocycles. The van der Waals surface area contributed by atoms with Gasteiger partial charge in [0.15, 0.2) is 4.64 Å². The maximum absolute atomic E-state index is 10.6. The molecule has 12 heavy (non-hydrogen) atoms. The first-order chi connectivity index (χ1) is 5.54. The van der Waals surface area contributed by atoms with Crippen molar-refractivity contribution in [1.82, 2.24) is 4.98 Å². The van der Waals surface area contributed by atoms with Gasteiger partial charge in [-0.25, -0.2) is 0 Å². The number of nitrogens with one attached hydrogen (secondary N) is 1. The van der Waals surface area contributed by atoms with E-state index in [1.807, 2.05) is 6.92 Å². The molecule has 0 aromatic carbocycles. The van der Waals surface area contributed by atoms with E-state index >= 15 is 0 Å². The summed E-state index contributed by atoms with van der Waals surface area (Å²) in [5.74, 6) is 0. The molecule has 3 nitrogen and oxygen atoms in total. The van der Waals surface area contributed by atoms with Crippen LogP contribution in [0.3, 0.4) is 0 Å². The van der Waals surface area contributed by atoms with Gasteiger partial charge in [-0.3, -0.25) is 0 Å². The Kier molecular flexibility index (Phi) is 2.59. The molecule has 0 saturated carbocycles. The molecule has 1 N–H and O–H groups in total. The lowest BCUT2D eigenvalue weighted by Crippen LogP contribution is -1.88. The van der Waals surface area contributed by atoms with E-state index in [-0.39, 0.29) is 4.64 Å². The third kappa shape index (κ3) is 1.54. The Balaban J connectivity index is 3.84. The number of hydrogen-bond acceptors (Lipinski definition) is 2. The average molecular weight is 206 g/mol. The minimum absolute atomic E-state index is 0.144. The van der Waals surface area contributed by atoms with E-state index in [4.69, 9.17) is 11.6 Å². The fourth-order valence-corrected chi connectivity index (χ4v) is 1.63. The van der Waals surface area contributed by atoms with Crippen LogP contribution < -0.4 is 0 Å². The minimum Gasteiger partial charge on any atom is -0.349 e. The third-order valence-corrected chi connectivity index (χ3v) is 2.94. The van der Waals surface area contributed by atoms with E-state index in [9.17, 15) is 8.42 Å². The zero-order valence-electron chi connectivity index (χ0n) is 6.68. The van der Waals surface area contributed by atoms with Crippen molar-refractivity contribution >= 4 is 21.9 Å². The average Bonchev–Trinajstić information content (AvgIpc) is 2.00. The summed E-state index contributed by atoms with van der Waals surface area (Å²) >= 11 is 5.83. The molecule has 0 atom stereocenters. The lowest BCUT2D eigenvalue weighted by atomic mass is 10.2. The van der Waals surface area contributed by atoms with Crippen LogP contribution in [0.25, 0.3) is 0 Å². The molecule has 1 heterocycles. The van der Waals surface area contributed by atoms with Gasteiger partial charge in [-0.15, -0.1) is 0 Å². The smallest absolute Gasteiger partial charge is 0.238 e. The Morgan fingerprint density at radius 2 is 2.00 bits per heavy atom. The molecule has 0 radical (unpaired) electrons. The summed E-state index contributed by atoms with van der Waals surface area (Å²) in [6, 6.07) is 0. The van der Waals surface area contributed by atoms with Crippen molar-refractivity contribution in [3.05, 3.63) is 27.0 Å². The van der Waals surface area contributed by atoms with Gasteiger partial charge in [0, 0.05) is 11.8 Å². The molecular weight excluding hydrogens is 198 g/mol. The van der Waals surface area contributed by atoms with Crippen LogP contribution in [0.5, 0.6) is 0 Å². The van der Waals surface area contributed by atoms with Crippen LogP contribution in [0.2, 0.25) is 5.02 Å². The van der Waals surface area contributed by atoms with E-state index < -0.39 is 10.3 Å². The zero-order valence-corrected chi connectivity index (χ0v) is 8.25. The molecule has 0 spiro atoms. The Morgan fingerprint density at radius 3 is 2.50 bits per heavy atom. The molecule has 1 aromatic heterocycles. The Hall–Kier alpha value is -0.740. The van der Waals surface area contributed by atoms with Gasteiger partial charge in [0.05, 0.1) is 5.02 Å². The normalized spacial score (nSPS) is 9.92. The molecule has 66 valence electrons. The number of aromatic nitrogens is 1. The first-order valence-corrected chi connectivity index (χ1v) is 4.76. The van der Waals surface area contributed by atoms with Gasteiger partial charge in [-0.2, -0.15) is 8.42 Å². The van der Waals surface area contributed by atoms with E-state index in [0.29, 0.717) is 10.6 Å². The van der Waals surface area contributed by atoms with E-state index in [1.165, 1.54) is 0 Å². The number of halogens is 1. The van der Waals surface area contributed by atoms with Crippen LogP contribution in [-0.2, 0) is 10.3 Å². The number of hydrogen-bond donors (Lipinski definition) is 1. The molecule has 0 unspecified atom stereocenters. The molecule has 0 amide bonds. The highest BCUT2D eigenvalue weighted by atomic mass is 35.5. The highest BCUT2D eigenvalue weighted by molar-refractivity contribution is 7.63. The molecule has 1 aromatic rings. The number of aryl methyl sites for hydroxylation is 1. The molecule has 0 aliphatic rings. The van der Waals surface area contributed by atoms with Crippen LogP contribution in [0.1, 0.15) is 11.1 Å². The van der Waals surface area contributed by atoms with Crippen LogP contribution in [0, 0.1) is 18.5 Å². The summed E-state index contributed by atoms with van der Waals surface area (Å²) in [6.07, 6.45) is 1.57. The maximum Gasteiger partial charge on any atom is 0.238 e. The second kappa shape index (κ2) is 3.33. The minimum atomic E-state index is -2.25. The summed E-state index contributed by atoms with van der Waals surface area (Å²) < 4.78 is 21.3. The fraction of sp³-hybridized carbons (Fsp3) is 0.286. The number of H-pyrrole nitrogens is 1. The molecule has 1 rings (SSSR count). The summed E-state index contributed by atoms with van der Waals surface area (Å²) in [6.45, 7) is 3.47. The number of aromatic amines is 1. The van der Waals surface area contributed by atoms with E-state index in [2.05, 4.69) is 4.98 Å². The van der Waals surface area contributed by atoms with Crippen molar-refractivity contribution in [2.24, 2.45) is 0 Å². The van der Waals surface area contributed by atoms with Crippen molar-refractivity contribution in [1.29, 1.82) is 0 Å². The van der Waals surface area contributed by atoms with Gasteiger partial charge in [0.1, 0.15) is 0 Å². The Labute approximate surface area is 76.5 Å². The second-order valence-electron chi connectivity index (χ2n) is 2.47. The van der Waals surface area contributed by atoms with Gasteiger partial charge in [0.25, 0.3) is 0 Å². The maximum atomic E-state index is 10.6. The van der Waals surface area contributed by atoms with Crippen molar-refractivity contribution in [3.63, 3.8) is 0 Å². The van der Waals surface area contributed by atoms with Crippen molar-refractivity contribution in [2.75, 3.05) is 0 Å². The van der Waals surface area contributed by atoms with Crippen LogP contribution in [0.15, 0.2) is 6.20 Å². The highest BCUT2D eigenvalue weighted by Gasteiger charge is 2.01. The standard InChI is InChI=1S/C7H8ClNO2S/c1-4-3-9-7(12(10)11)5(2)6(4)8/h3,9H,1-2H3. The van der Waals surface area contributed by atoms with Crippen molar-refractivity contribution in [2.45, 2.75) is 13.8 Å². The summed E-state index contributed by atoms with van der Waals surface area (Å²) in [7, 11) is -2.25. The van der Waals surface area contributed by atoms with Gasteiger partial charge in [-0.1, -0.05) is 11.6 Å². The van der Waals surface area contributed by atoms with Crippen LogP contribution in [0.4, 0.5) is 0 Å². The van der Waals surface area contributed by atoms with E-state index in [1.54, 1.807) is 13.1 Å². The largest absolute Gasteiger partial charge is 0.349 e. The number of pyridine rings is 1. The molecule has 0 fully saturated rings. The Morgan fingerprint density at radius 1 is 1.42 bits per heavy atom. The lowest BCUT2D eigenvalue weighted by Gasteiger charge is -1.99. The summed E-state index contributed by atoms with van der Waals surface area (Å²) in [5, 5.41) is 0.493. The number of rotatable bonds is 0. The predicted octanol–water partition coefficient (Wildman–Crippen LogP) is 1.70. The zero-order chi connectivity index (χ0) is 9.30. The fourth-order valence-electron chi connectivity index (χ4n) is 0.914. The summed E-state index contributed by atoms with van der Waals surface area (Å²) in [4.78, 5) is 2.65. The van der Waals surface area contributed by atoms with E-state index in [0.717, 1.165) is 5.56 Å². The van der Waals surface area contributed by atoms with Gasteiger partial charge in [-0.05, 0) is 19.4 Å². The van der Waals surface area contributed by atoms with Crippen LogP contribution >= 0.6 is 11.6 Å². The van der Waals surface area contributed by atoms with Crippen molar-refractivity contribution in [3.8, 4) is 0 Å². The lowest BCUT2D eigenvalue weighted by molar-refractivity contribution is 0.624. The monoisotopic (exact) mass is 205 g/mol. The molecule has 0 bridgehead atoms. The molecule has 0 aliphatic carbocycles. The first kappa shape index (κ1) is 9.35. The summed E-state index contributed by atoms with van der Waals surface area (Å²) in [5.41, 5.74) is 1.40.